The normalized spacial score (nSPS) is 16.3. The van der Waals surface area contributed by atoms with E-state index in [1.54, 1.807) is 19.2 Å². The number of nitrogens with one attached hydrogen (secondary N) is 1. The first kappa shape index (κ1) is 13.9. The number of nitrogens with zero attached hydrogens (tertiary/aromatic N) is 3. The summed E-state index contributed by atoms with van der Waals surface area (Å²) in [5.41, 5.74) is 0.581. The van der Waals surface area contributed by atoms with Crippen molar-refractivity contribution in [1.29, 1.82) is 0 Å². The molecule has 0 spiro atoms. The molecule has 2 aromatic rings. The highest BCUT2D eigenvalue weighted by molar-refractivity contribution is 7.92. The molecule has 0 saturated heterocycles. The van der Waals surface area contributed by atoms with Crippen molar-refractivity contribution in [1.82, 2.24) is 14.8 Å². The van der Waals surface area contributed by atoms with Crippen LogP contribution in [0.5, 0.6) is 5.75 Å². The van der Waals surface area contributed by atoms with Crippen molar-refractivity contribution in [3.8, 4) is 5.75 Å². The van der Waals surface area contributed by atoms with E-state index in [-0.39, 0.29) is 16.4 Å². The van der Waals surface area contributed by atoms with E-state index in [1.807, 2.05) is 13.8 Å². The van der Waals surface area contributed by atoms with Crippen LogP contribution in [0, 0.1) is 0 Å². The third-order valence-corrected chi connectivity index (χ3v) is 4.50. The molecule has 1 aliphatic heterocycles. The fourth-order valence-corrected chi connectivity index (χ4v) is 3.31. The lowest BCUT2D eigenvalue weighted by Crippen LogP contribution is -2.24. The van der Waals surface area contributed by atoms with Crippen LogP contribution < -0.4 is 9.46 Å². The fraction of sp³-hybridized carbons (Fsp3) is 0.385. The number of hydrogen-bond acceptors (Lipinski definition) is 5. The summed E-state index contributed by atoms with van der Waals surface area (Å²) in [6.07, 6.45) is 2.10. The maximum atomic E-state index is 12.3. The summed E-state index contributed by atoms with van der Waals surface area (Å²) in [7, 11) is -2.04. The maximum Gasteiger partial charge on any atom is 0.264 e. The number of ether oxygens (including phenoxy) is 1. The molecule has 0 radical (unpaired) electrons. The van der Waals surface area contributed by atoms with E-state index in [2.05, 4.69) is 14.8 Å². The second-order valence-corrected chi connectivity index (χ2v) is 7.34. The van der Waals surface area contributed by atoms with Crippen molar-refractivity contribution in [2.45, 2.75) is 30.8 Å². The standard InChI is InChI=1S/C13H16N4O3S/c1-13(2)7-9-6-10(4-5-11(9)20-13)21(18,19)16-12-14-8-17(3)15-12/h4-6,8H,7H2,1-3H3,(H,15,16). The molecule has 0 bridgehead atoms. The number of anilines is 1. The Morgan fingerprint density at radius 3 is 2.81 bits per heavy atom. The molecule has 7 nitrogen and oxygen atoms in total. The fourth-order valence-electron chi connectivity index (χ4n) is 2.32. The van der Waals surface area contributed by atoms with Gasteiger partial charge in [-0.3, -0.25) is 4.68 Å². The van der Waals surface area contributed by atoms with Gasteiger partial charge in [0.05, 0.1) is 4.90 Å². The van der Waals surface area contributed by atoms with Gasteiger partial charge in [0.1, 0.15) is 17.7 Å². The Labute approximate surface area is 123 Å². The smallest absolute Gasteiger partial charge is 0.264 e. The molecule has 1 N–H and O–H groups in total. The lowest BCUT2D eigenvalue weighted by Gasteiger charge is -2.16. The van der Waals surface area contributed by atoms with E-state index in [0.29, 0.717) is 6.42 Å². The van der Waals surface area contributed by atoms with Crippen molar-refractivity contribution < 1.29 is 13.2 Å². The molecule has 112 valence electrons. The van der Waals surface area contributed by atoms with E-state index in [9.17, 15) is 8.42 Å². The monoisotopic (exact) mass is 308 g/mol. The second-order valence-electron chi connectivity index (χ2n) is 5.66. The number of hydrogen-bond donors (Lipinski definition) is 1. The van der Waals surface area contributed by atoms with Crippen LogP contribution >= 0.6 is 0 Å². The zero-order valence-electron chi connectivity index (χ0n) is 12.0. The molecule has 0 aliphatic carbocycles. The van der Waals surface area contributed by atoms with Crippen LogP contribution in [-0.2, 0) is 23.5 Å². The van der Waals surface area contributed by atoms with Crippen LogP contribution in [0.4, 0.5) is 5.95 Å². The SMILES string of the molecule is Cn1cnc(NS(=O)(=O)c2ccc3c(c2)CC(C)(C)O3)n1. The summed E-state index contributed by atoms with van der Waals surface area (Å²) >= 11 is 0. The van der Waals surface area contributed by atoms with Crippen LogP contribution in [0.15, 0.2) is 29.4 Å². The maximum absolute atomic E-state index is 12.3. The van der Waals surface area contributed by atoms with Gasteiger partial charge in [0.25, 0.3) is 16.0 Å². The highest BCUT2D eigenvalue weighted by Crippen LogP contribution is 2.36. The second kappa shape index (κ2) is 4.45. The zero-order valence-corrected chi connectivity index (χ0v) is 12.8. The molecule has 0 atom stereocenters. The first-order valence-electron chi connectivity index (χ1n) is 6.46. The molecule has 1 aromatic heterocycles. The lowest BCUT2D eigenvalue weighted by molar-refractivity contribution is 0.138. The topological polar surface area (TPSA) is 86.1 Å². The Kier molecular flexibility index (Phi) is 2.94. The van der Waals surface area contributed by atoms with Crippen molar-refractivity contribution in [3.05, 3.63) is 30.1 Å². The molecule has 0 amide bonds. The minimum atomic E-state index is -3.70. The summed E-state index contributed by atoms with van der Waals surface area (Å²) in [5, 5.41) is 3.91. The third kappa shape index (κ3) is 2.71. The van der Waals surface area contributed by atoms with Gasteiger partial charge in [-0.15, -0.1) is 5.10 Å². The average Bonchev–Trinajstić information content (AvgIpc) is 2.88. The number of benzene rings is 1. The summed E-state index contributed by atoms with van der Waals surface area (Å²) in [6.45, 7) is 3.94. The minimum Gasteiger partial charge on any atom is -0.487 e. The van der Waals surface area contributed by atoms with Gasteiger partial charge in [-0.05, 0) is 37.6 Å². The summed E-state index contributed by atoms with van der Waals surface area (Å²) in [4.78, 5) is 4.03. The number of fused-ring (bicyclic) bond motifs is 1. The number of aryl methyl sites for hydroxylation is 1. The predicted octanol–water partition coefficient (Wildman–Crippen LogP) is 1.33. The van der Waals surface area contributed by atoms with E-state index in [0.717, 1.165) is 11.3 Å². The van der Waals surface area contributed by atoms with Gasteiger partial charge < -0.3 is 4.74 Å². The molecule has 0 saturated carbocycles. The number of sulfonamides is 1. The van der Waals surface area contributed by atoms with Gasteiger partial charge in [0, 0.05) is 13.5 Å². The Morgan fingerprint density at radius 1 is 1.38 bits per heavy atom. The van der Waals surface area contributed by atoms with Crippen molar-refractivity contribution in [2.75, 3.05) is 4.72 Å². The molecule has 0 fully saturated rings. The van der Waals surface area contributed by atoms with Crippen LogP contribution in [0.1, 0.15) is 19.4 Å². The predicted molar refractivity (Wildman–Crippen MR) is 76.7 cm³/mol. The Bertz CT molecular complexity index is 795. The summed E-state index contributed by atoms with van der Waals surface area (Å²) in [5.74, 6) is 0.782. The quantitative estimate of drug-likeness (QED) is 0.924. The van der Waals surface area contributed by atoms with Crippen LogP contribution in [0.2, 0.25) is 0 Å². The Hall–Kier alpha value is -2.09. The van der Waals surface area contributed by atoms with E-state index in [4.69, 9.17) is 4.74 Å². The van der Waals surface area contributed by atoms with Crippen molar-refractivity contribution in [3.63, 3.8) is 0 Å². The number of rotatable bonds is 3. The highest BCUT2D eigenvalue weighted by Gasteiger charge is 2.31. The van der Waals surface area contributed by atoms with Crippen LogP contribution in [0.3, 0.4) is 0 Å². The first-order valence-corrected chi connectivity index (χ1v) is 7.94. The zero-order chi connectivity index (χ0) is 15.3. The third-order valence-electron chi connectivity index (χ3n) is 3.17. The van der Waals surface area contributed by atoms with Gasteiger partial charge in [-0.1, -0.05) is 0 Å². The minimum absolute atomic E-state index is 0.0505. The molecule has 8 heteroatoms. The highest BCUT2D eigenvalue weighted by atomic mass is 32.2. The molecule has 21 heavy (non-hydrogen) atoms. The molecule has 3 rings (SSSR count). The largest absolute Gasteiger partial charge is 0.487 e. The van der Waals surface area contributed by atoms with E-state index >= 15 is 0 Å². The molecular formula is C13H16N4O3S. The average molecular weight is 308 g/mol. The summed E-state index contributed by atoms with van der Waals surface area (Å²) < 4.78 is 34.2. The van der Waals surface area contributed by atoms with Gasteiger partial charge in [-0.2, -0.15) is 4.98 Å². The van der Waals surface area contributed by atoms with Gasteiger partial charge in [-0.25, -0.2) is 13.1 Å². The van der Waals surface area contributed by atoms with Crippen LogP contribution in [0.25, 0.3) is 0 Å². The van der Waals surface area contributed by atoms with Gasteiger partial charge >= 0.3 is 0 Å². The Morgan fingerprint density at radius 2 is 2.14 bits per heavy atom. The first-order chi connectivity index (χ1) is 9.75. The van der Waals surface area contributed by atoms with Crippen LogP contribution in [-0.4, -0.2) is 28.8 Å². The molecule has 2 heterocycles. The van der Waals surface area contributed by atoms with Gasteiger partial charge in [0.2, 0.25) is 0 Å². The van der Waals surface area contributed by atoms with E-state index in [1.165, 1.54) is 17.1 Å². The van der Waals surface area contributed by atoms with E-state index < -0.39 is 10.0 Å². The molecular weight excluding hydrogens is 292 g/mol. The van der Waals surface area contributed by atoms with Gasteiger partial charge in [0.15, 0.2) is 0 Å². The number of aromatic nitrogens is 3. The van der Waals surface area contributed by atoms with Crippen molar-refractivity contribution in [2.24, 2.45) is 7.05 Å². The Balaban J connectivity index is 1.91. The lowest BCUT2D eigenvalue weighted by atomic mass is 10.0. The molecule has 1 aromatic carbocycles. The molecule has 0 unspecified atom stereocenters. The summed E-state index contributed by atoms with van der Waals surface area (Å²) in [6, 6.07) is 4.84. The molecule has 1 aliphatic rings. The van der Waals surface area contributed by atoms with Crippen molar-refractivity contribution >= 4 is 16.0 Å².